The van der Waals surface area contributed by atoms with E-state index in [1.165, 1.54) is 0 Å². The zero-order chi connectivity index (χ0) is 14.3. The molecule has 2 aliphatic heterocycles. The first-order valence-corrected chi connectivity index (χ1v) is 6.74. The van der Waals surface area contributed by atoms with Gasteiger partial charge in [0.2, 0.25) is 0 Å². The number of urea groups is 1. The molecule has 6 nitrogen and oxygen atoms in total. The second-order valence-corrected chi connectivity index (χ2v) is 5.40. The van der Waals surface area contributed by atoms with Gasteiger partial charge < -0.3 is 21.1 Å². The van der Waals surface area contributed by atoms with Gasteiger partial charge >= 0.3 is 12.0 Å². The Morgan fingerprint density at radius 1 is 1.30 bits per heavy atom. The number of nitrogens with two attached hydrogens (primary N) is 1. The molecular weight excluding hydrogens is 258 g/mol. The fraction of sp³-hybridized carbons (Fsp3) is 0.429. The molecule has 2 fully saturated rings. The summed E-state index contributed by atoms with van der Waals surface area (Å²) < 4.78 is 0. The number of hydrogen-bond donors (Lipinski definition) is 3. The van der Waals surface area contributed by atoms with Crippen molar-refractivity contribution in [1.29, 1.82) is 0 Å². The second kappa shape index (κ2) is 4.70. The number of carboxylic acid groups (broad SMARTS) is 1. The summed E-state index contributed by atoms with van der Waals surface area (Å²) in [5, 5.41) is 12.0. The summed E-state index contributed by atoms with van der Waals surface area (Å²) in [4.78, 5) is 25.2. The number of carbonyl (C=O) groups is 2. The van der Waals surface area contributed by atoms with Crippen molar-refractivity contribution in [2.75, 3.05) is 11.1 Å². The molecule has 3 rings (SSSR count). The van der Waals surface area contributed by atoms with Crippen molar-refractivity contribution in [1.82, 2.24) is 4.90 Å². The number of fused-ring (bicyclic) bond motifs is 2. The number of nitrogens with one attached hydrogen (secondary N) is 1. The van der Waals surface area contributed by atoms with E-state index in [1.54, 1.807) is 29.2 Å². The van der Waals surface area contributed by atoms with Gasteiger partial charge in [0.25, 0.3) is 0 Å². The molecule has 4 N–H and O–H groups in total. The minimum absolute atomic E-state index is 0.0334. The predicted molar refractivity (Wildman–Crippen MR) is 74.3 cm³/mol. The van der Waals surface area contributed by atoms with Crippen LogP contribution < -0.4 is 11.1 Å². The Labute approximate surface area is 116 Å². The van der Waals surface area contributed by atoms with Gasteiger partial charge in [-0.15, -0.1) is 0 Å². The average Bonchev–Trinajstić information content (AvgIpc) is 2.99. The molecule has 1 aromatic carbocycles. The van der Waals surface area contributed by atoms with Crippen LogP contribution in [0.4, 0.5) is 16.2 Å². The van der Waals surface area contributed by atoms with Gasteiger partial charge in [-0.25, -0.2) is 4.79 Å². The van der Waals surface area contributed by atoms with Crippen molar-refractivity contribution in [3.05, 3.63) is 24.3 Å². The Morgan fingerprint density at radius 3 is 2.70 bits per heavy atom. The SMILES string of the molecule is Nc1ccccc1NC(=O)N1C2CCC1C(C(=O)O)C2. The number of carbonyl (C=O) groups excluding carboxylic acids is 1. The van der Waals surface area contributed by atoms with Gasteiger partial charge in [-0.1, -0.05) is 12.1 Å². The number of aliphatic carboxylic acids is 1. The van der Waals surface area contributed by atoms with E-state index in [9.17, 15) is 14.7 Å². The standard InChI is InChI=1S/C14H17N3O3/c15-10-3-1-2-4-11(10)16-14(20)17-8-5-6-12(17)9(7-8)13(18)19/h1-4,8-9,12H,5-7,15H2,(H,16,20)(H,18,19). The van der Waals surface area contributed by atoms with Gasteiger partial charge in [0, 0.05) is 12.1 Å². The lowest BCUT2D eigenvalue weighted by molar-refractivity contribution is -0.142. The molecule has 6 heteroatoms. The van der Waals surface area contributed by atoms with E-state index in [0.717, 1.165) is 12.8 Å². The van der Waals surface area contributed by atoms with Crippen molar-refractivity contribution < 1.29 is 14.7 Å². The van der Waals surface area contributed by atoms with Gasteiger partial charge in [-0.3, -0.25) is 4.79 Å². The normalized spacial score (nSPS) is 27.6. The number of rotatable bonds is 2. The van der Waals surface area contributed by atoms with Gasteiger partial charge in [0.1, 0.15) is 0 Å². The quantitative estimate of drug-likeness (QED) is 0.716. The third kappa shape index (κ3) is 1.97. The molecule has 0 saturated carbocycles. The number of carboxylic acids is 1. The highest BCUT2D eigenvalue weighted by molar-refractivity contribution is 5.93. The smallest absolute Gasteiger partial charge is 0.322 e. The number of nitrogen functional groups attached to an aromatic ring is 1. The third-order valence-corrected chi connectivity index (χ3v) is 4.29. The van der Waals surface area contributed by atoms with E-state index in [-0.39, 0.29) is 18.1 Å². The summed E-state index contributed by atoms with van der Waals surface area (Å²) in [5.74, 6) is -1.25. The Hall–Kier alpha value is -2.24. The van der Waals surface area contributed by atoms with Crippen LogP contribution >= 0.6 is 0 Å². The summed E-state index contributed by atoms with van der Waals surface area (Å²) in [6.45, 7) is 0. The van der Waals surface area contributed by atoms with E-state index < -0.39 is 11.9 Å². The molecule has 3 atom stereocenters. The molecular formula is C14H17N3O3. The third-order valence-electron chi connectivity index (χ3n) is 4.29. The minimum atomic E-state index is -0.811. The molecule has 2 bridgehead atoms. The number of hydrogen-bond acceptors (Lipinski definition) is 3. The maximum absolute atomic E-state index is 12.4. The zero-order valence-corrected chi connectivity index (χ0v) is 11.0. The van der Waals surface area contributed by atoms with Crippen molar-refractivity contribution in [3.63, 3.8) is 0 Å². The summed E-state index contributed by atoms with van der Waals surface area (Å²) in [6.07, 6.45) is 2.20. The van der Waals surface area contributed by atoms with Crippen molar-refractivity contribution >= 4 is 23.4 Å². The zero-order valence-electron chi connectivity index (χ0n) is 11.0. The average molecular weight is 275 g/mol. The summed E-state index contributed by atoms with van der Waals surface area (Å²) in [5.41, 5.74) is 6.87. The van der Waals surface area contributed by atoms with Gasteiger partial charge in [0.15, 0.2) is 0 Å². The number of para-hydroxylation sites is 2. The molecule has 3 unspecified atom stereocenters. The fourth-order valence-electron chi connectivity index (χ4n) is 3.36. The first-order valence-electron chi connectivity index (χ1n) is 6.74. The highest BCUT2D eigenvalue weighted by Gasteiger charge is 2.51. The van der Waals surface area contributed by atoms with Crippen molar-refractivity contribution in [2.24, 2.45) is 5.92 Å². The van der Waals surface area contributed by atoms with Gasteiger partial charge in [-0.2, -0.15) is 0 Å². The molecule has 106 valence electrons. The van der Waals surface area contributed by atoms with Crippen LogP contribution in [0.15, 0.2) is 24.3 Å². The van der Waals surface area contributed by atoms with Gasteiger partial charge in [0.05, 0.1) is 17.3 Å². The highest BCUT2D eigenvalue weighted by Crippen LogP contribution is 2.42. The molecule has 0 aromatic heterocycles. The van der Waals surface area contributed by atoms with Crippen LogP contribution in [0, 0.1) is 5.92 Å². The summed E-state index contributed by atoms with van der Waals surface area (Å²) >= 11 is 0. The lowest BCUT2D eigenvalue weighted by atomic mass is 9.89. The first kappa shape index (κ1) is 12.8. The number of anilines is 2. The number of amides is 2. The molecule has 0 spiro atoms. The van der Waals surface area contributed by atoms with Crippen LogP contribution in [0.2, 0.25) is 0 Å². The van der Waals surface area contributed by atoms with Crippen LogP contribution in [-0.4, -0.2) is 34.1 Å². The predicted octanol–water partition coefficient (Wildman–Crippen LogP) is 1.74. The second-order valence-electron chi connectivity index (χ2n) is 5.40. The van der Waals surface area contributed by atoms with Crippen molar-refractivity contribution in [3.8, 4) is 0 Å². The lowest BCUT2D eigenvalue weighted by Crippen LogP contribution is -2.40. The topological polar surface area (TPSA) is 95.7 Å². The molecule has 20 heavy (non-hydrogen) atoms. The van der Waals surface area contributed by atoms with Gasteiger partial charge in [-0.05, 0) is 31.4 Å². The summed E-state index contributed by atoms with van der Waals surface area (Å²) in [6, 6.07) is 6.64. The Balaban J connectivity index is 1.76. The molecule has 2 aliphatic rings. The molecule has 2 amide bonds. The highest BCUT2D eigenvalue weighted by atomic mass is 16.4. The molecule has 2 heterocycles. The van der Waals surface area contributed by atoms with Crippen LogP contribution in [0.1, 0.15) is 19.3 Å². The van der Waals surface area contributed by atoms with Crippen LogP contribution in [0.5, 0.6) is 0 Å². The van der Waals surface area contributed by atoms with Crippen molar-refractivity contribution in [2.45, 2.75) is 31.3 Å². The van der Waals surface area contributed by atoms with E-state index in [0.29, 0.717) is 17.8 Å². The first-order chi connectivity index (χ1) is 9.58. The van der Waals surface area contributed by atoms with E-state index in [2.05, 4.69) is 5.32 Å². The maximum Gasteiger partial charge on any atom is 0.322 e. The van der Waals surface area contributed by atoms with Crippen LogP contribution in [0.3, 0.4) is 0 Å². The molecule has 0 radical (unpaired) electrons. The monoisotopic (exact) mass is 275 g/mol. The Kier molecular flexibility index (Phi) is 3.00. The Morgan fingerprint density at radius 2 is 2.05 bits per heavy atom. The Bertz CT molecular complexity index is 560. The van der Waals surface area contributed by atoms with E-state index in [1.807, 2.05) is 0 Å². The summed E-state index contributed by atoms with van der Waals surface area (Å²) in [7, 11) is 0. The maximum atomic E-state index is 12.4. The number of benzene rings is 1. The van der Waals surface area contributed by atoms with E-state index in [4.69, 9.17) is 5.73 Å². The molecule has 0 aliphatic carbocycles. The van der Waals surface area contributed by atoms with E-state index >= 15 is 0 Å². The van der Waals surface area contributed by atoms with Crippen LogP contribution in [0.25, 0.3) is 0 Å². The molecule has 2 saturated heterocycles. The lowest BCUT2D eigenvalue weighted by Gasteiger charge is -2.23. The number of nitrogens with zero attached hydrogens (tertiary/aromatic N) is 1. The minimum Gasteiger partial charge on any atom is -0.481 e. The van der Waals surface area contributed by atoms with Crippen LogP contribution in [-0.2, 0) is 4.79 Å². The fourth-order valence-corrected chi connectivity index (χ4v) is 3.36. The molecule has 1 aromatic rings. The largest absolute Gasteiger partial charge is 0.481 e.